The van der Waals surface area contributed by atoms with Gasteiger partial charge < -0.3 is 20.1 Å². The maximum Gasteiger partial charge on any atom is 0.272 e. The van der Waals surface area contributed by atoms with Gasteiger partial charge in [0.05, 0.1) is 37.2 Å². The highest BCUT2D eigenvalue weighted by Gasteiger charge is 2.30. The molecule has 1 saturated carbocycles. The van der Waals surface area contributed by atoms with Gasteiger partial charge >= 0.3 is 0 Å². The van der Waals surface area contributed by atoms with Crippen molar-refractivity contribution in [1.82, 2.24) is 28.9 Å². The Morgan fingerprint density at radius 2 is 2.00 bits per heavy atom. The lowest BCUT2D eigenvalue weighted by Gasteiger charge is -2.35. The number of rotatable bonds is 7. The Morgan fingerprint density at radius 3 is 2.82 bits per heavy atom. The number of carbonyl (C=O) groups is 1. The fourth-order valence-corrected chi connectivity index (χ4v) is 4.81. The molecule has 1 saturated heterocycles. The normalized spacial score (nSPS) is 20.2. The van der Waals surface area contributed by atoms with Crippen molar-refractivity contribution in [2.24, 2.45) is 0 Å². The molecule has 34 heavy (non-hydrogen) atoms. The number of pyridine rings is 1. The van der Waals surface area contributed by atoms with Crippen molar-refractivity contribution < 1.29 is 14.6 Å². The Bertz CT molecular complexity index is 1340. The molecule has 1 aliphatic heterocycles. The monoisotopic (exact) mass is 461 g/mol. The number of aromatic nitrogens is 5. The van der Waals surface area contributed by atoms with E-state index in [4.69, 9.17) is 9.84 Å². The van der Waals surface area contributed by atoms with E-state index in [9.17, 15) is 4.79 Å². The summed E-state index contributed by atoms with van der Waals surface area (Å²) in [5, 5.41) is 16.8. The Balaban J connectivity index is 1.23. The predicted molar refractivity (Wildman–Crippen MR) is 126 cm³/mol. The van der Waals surface area contributed by atoms with Gasteiger partial charge in [0.2, 0.25) is 5.95 Å². The lowest BCUT2D eigenvalue weighted by atomic mass is 9.89. The second-order valence-corrected chi connectivity index (χ2v) is 8.96. The van der Waals surface area contributed by atoms with Gasteiger partial charge in [0, 0.05) is 42.7 Å². The number of aliphatic hydroxyl groups excluding tert-OH is 1. The van der Waals surface area contributed by atoms with Crippen LogP contribution in [-0.4, -0.2) is 78.3 Å². The van der Waals surface area contributed by atoms with Crippen LogP contribution in [0.1, 0.15) is 36.2 Å². The number of likely N-dealkylation sites (tertiary alicyclic amines) is 1. The maximum absolute atomic E-state index is 13.0. The molecule has 0 bridgehead atoms. The average molecular weight is 462 g/mol. The van der Waals surface area contributed by atoms with Crippen LogP contribution in [0.3, 0.4) is 0 Å². The van der Waals surface area contributed by atoms with Crippen molar-refractivity contribution in [3.05, 3.63) is 48.7 Å². The first-order valence-corrected chi connectivity index (χ1v) is 11.8. The summed E-state index contributed by atoms with van der Waals surface area (Å²) in [5.41, 5.74) is 4.18. The number of fused-ring (bicyclic) bond motifs is 2. The van der Waals surface area contributed by atoms with Crippen molar-refractivity contribution in [3.8, 4) is 11.1 Å². The molecule has 10 nitrogen and oxygen atoms in total. The third-order valence-electron chi connectivity index (χ3n) is 6.72. The smallest absolute Gasteiger partial charge is 0.272 e. The molecular weight excluding hydrogens is 434 g/mol. The van der Waals surface area contributed by atoms with Crippen LogP contribution in [0.5, 0.6) is 0 Å². The highest BCUT2D eigenvalue weighted by Crippen LogP contribution is 2.28. The average Bonchev–Trinajstić information content (AvgIpc) is 3.59. The SMILES string of the molecule is O=C(c1cnc2ccc(-c3ccn4nc(NC5CC(OCCO)C5)ncc34)cn12)N1CCCC1. The minimum atomic E-state index is 0.0305. The molecule has 4 aromatic heterocycles. The summed E-state index contributed by atoms with van der Waals surface area (Å²) >= 11 is 0. The number of ether oxygens (including phenoxy) is 1. The number of imidazole rings is 1. The van der Waals surface area contributed by atoms with Gasteiger partial charge in [0.1, 0.15) is 11.3 Å². The molecular formula is C24H27N7O3. The van der Waals surface area contributed by atoms with Crippen LogP contribution >= 0.6 is 0 Å². The number of aliphatic hydroxyl groups is 1. The molecule has 0 unspecified atom stereocenters. The molecule has 1 amide bonds. The fraction of sp³-hybridized carbons (Fsp3) is 0.417. The second kappa shape index (κ2) is 8.69. The zero-order valence-electron chi connectivity index (χ0n) is 18.8. The third-order valence-corrected chi connectivity index (χ3v) is 6.72. The highest BCUT2D eigenvalue weighted by molar-refractivity contribution is 5.93. The molecule has 2 N–H and O–H groups in total. The predicted octanol–water partition coefficient (Wildman–Crippen LogP) is 2.23. The van der Waals surface area contributed by atoms with Gasteiger partial charge in [-0.2, -0.15) is 0 Å². The molecule has 0 atom stereocenters. The Labute approximate surface area is 196 Å². The number of amides is 1. The number of hydrogen-bond acceptors (Lipinski definition) is 7. The van der Waals surface area contributed by atoms with Crippen LogP contribution in [0.2, 0.25) is 0 Å². The first-order valence-electron chi connectivity index (χ1n) is 11.8. The van der Waals surface area contributed by atoms with Gasteiger partial charge in [-0.05, 0) is 43.9 Å². The van der Waals surface area contributed by atoms with Gasteiger partial charge in [-0.25, -0.2) is 14.5 Å². The largest absolute Gasteiger partial charge is 0.394 e. The first-order chi connectivity index (χ1) is 16.7. The van der Waals surface area contributed by atoms with Crippen LogP contribution in [0.15, 0.2) is 43.0 Å². The summed E-state index contributed by atoms with van der Waals surface area (Å²) in [6.07, 6.45) is 11.4. The van der Waals surface area contributed by atoms with Crippen molar-refractivity contribution in [1.29, 1.82) is 0 Å². The molecule has 0 radical (unpaired) electrons. The summed E-state index contributed by atoms with van der Waals surface area (Å²) in [6, 6.07) is 6.22. The molecule has 4 aromatic rings. The van der Waals surface area contributed by atoms with Crippen LogP contribution in [-0.2, 0) is 4.74 Å². The van der Waals surface area contributed by atoms with E-state index in [2.05, 4.69) is 20.4 Å². The van der Waals surface area contributed by atoms with Crippen molar-refractivity contribution in [2.75, 3.05) is 31.6 Å². The number of nitrogens with zero attached hydrogens (tertiary/aromatic N) is 6. The summed E-state index contributed by atoms with van der Waals surface area (Å²) in [6.45, 7) is 2.04. The van der Waals surface area contributed by atoms with Gasteiger partial charge in [0.25, 0.3) is 5.91 Å². The van der Waals surface area contributed by atoms with E-state index < -0.39 is 0 Å². The van der Waals surface area contributed by atoms with Gasteiger partial charge in [-0.3, -0.25) is 9.20 Å². The first kappa shape index (κ1) is 21.1. The van der Waals surface area contributed by atoms with Gasteiger partial charge in [-0.1, -0.05) is 0 Å². The molecule has 10 heteroatoms. The number of hydrogen-bond donors (Lipinski definition) is 2. The van der Waals surface area contributed by atoms with Crippen molar-refractivity contribution in [2.45, 2.75) is 37.8 Å². The Morgan fingerprint density at radius 1 is 1.15 bits per heavy atom. The zero-order chi connectivity index (χ0) is 23.1. The summed E-state index contributed by atoms with van der Waals surface area (Å²) < 4.78 is 9.22. The molecule has 5 heterocycles. The van der Waals surface area contributed by atoms with Crippen LogP contribution < -0.4 is 5.32 Å². The van der Waals surface area contributed by atoms with E-state index in [0.717, 1.165) is 61.1 Å². The van der Waals surface area contributed by atoms with E-state index in [-0.39, 0.29) is 24.7 Å². The molecule has 0 spiro atoms. The number of nitrogens with one attached hydrogen (secondary N) is 1. The molecule has 6 rings (SSSR count). The van der Waals surface area contributed by atoms with E-state index in [1.807, 2.05) is 50.6 Å². The van der Waals surface area contributed by atoms with E-state index in [1.165, 1.54) is 0 Å². The molecule has 2 fully saturated rings. The molecule has 176 valence electrons. The molecule has 1 aliphatic carbocycles. The summed E-state index contributed by atoms with van der Waals surface area (Å²) in [7, 11) is 0. The Kier molecular flexibility index (Phi) is 5.39. The van der Waals surface area contributed by atoms with Gasteiger partial charge in [0.15, 0.2) is 0 Å². The van der Waals surface area contributed by atoms with E-state index in [1.54, 1.807) is 6.20 Å². The Hall–Kier alpha value is -3.50. The highest BCUT2D eigenvalue weighted by atomic mass is 16.5. The topological polar surface area (TPSA) is 109 Å². The summed E-state index contributed by atoms with van der Waals surface area (Å²) in [4.78, 5) is 23.8. The van der Waals surface area contributed by atoms with E-state index >= 15 is 0 Å². The molecule has 2 aliphatic rings. The van der Waals surface area contributed by atoms with Crippen LogP contribution in [0.4, 0.5) is 5.95 Å². The van der Waals surface area contributed by atoms with Crippen molar-refractivity contribution in [3.63, 3.8) is 0 Å². The van der Waals surface area contributed by atoms with Crippen LogP contribution in [0.25, 0.3) is 22.3 Å². The number of carbonyl (C=O) groups excluding carboxylic acids is 1. The minimum Gasteiger partial charge on any atom is -0.394 e. The van der Waals surface area contributed by atoms with Gasteiger partial charge in [-0.15, -0.1) is 5.10 Å². The van der Waals surface area contributed by atoms with Crippen LogP contribution in [0, 0.1) is 0 Å². The van der Waals surface area contributed by atoms with E-state index in [0.29, 0.717) is 18.2 Å². The quantitative estimate of drug-likeness (QED) is 0.434. The minimum absolute atomic E-state index is 0.0305. The lowest BCUT2D eigenvalue weighted by molar-refractivity contribution is -0.0196. The fourth-order valence-electron chi connectivity index (χ4n) is 4.81. The molecule has 0 aromatic carbocycles. The summed E-state index contributed by atoms with van der Waals surface area (Å²) in [5.74, 6) is 0.603. The van der Waals surface area contributed by atoms with Crippen molar-refractivity contribution >= 4 is 23.0 Å². The second-order valence-electron chi connectivity index (χ2n) is 8.96. The lowest BCUT2D eigenvalue weighted by Crippen LogP contribution is -2.41. The maximum atomic E-state index is 13.0. The third kappa shape index (κ3) is 3.78. The number of anilines is 1. The standard InChI is InChI=1S/C24H27N7O3/c32-9-10-34-18-11-17(12-18)27-24-26-13-20-19(5-8-31(20)28-24)16-3-4-22-25-14-21(30(22)15-16)23(33)29-6-1-2-7-29/h3-5,8,13-15,17-18,32H,1-2,6-7,9-12H2,(H,27,28). The zero-order valence-corrected chi connectivity index (χ0v) is 18.8.